The summed E-state index contributed by atoms with van der Waals surface area (Å²) >= 11 is 0. The molecule has 0 saturated heterocycles. The molecule has 0 amide bonds. The highest BCUT2D eigenvalue weighted by Gasteiger charge is 2.40. The minimum Gasteiger partial charge on any atom is -0.505 e. The van der Waals surface area contributed by atoms with Crippen LogP contribution in [0.2, 0.25) is 2.82 Å². The van der Waals surface area contributed by atoms with E-state index in [1.54, 1.807) is 0 Å². The van der Waals surface area contributed by atoms with Crippen molar-refractivity contribution >= 4 is 64.5 Å². The van der Waals surface area contributed by atoms with E-state index >= 15 is 26.3 Å². The maximum Gasteiger partial charge on any atom is 0.417 e. The van der Waals surface area contributed by atoms with Crippen LogP contribution in [0.25, 0.3) is 54.9 Å². The van der Waals surface area contributed by atoms with Gasteiger partial charge in [-0.1, -0.05) is 24.3 Å². The van der Waals surface area contributed by atoms with Crippen LogP contribution in [-0.2, 0) is 32.6 Å². The van der Waals surface area contributed by atoms with E-state index in [0.29, 0.717) is 24.3 Å². The van der Waals surface area contributed by atoms with E-state index in [-0.39, 0.29) is 22.1 Å². The van der Waals surface area contributed by atoms with Gasteiger partial charge in [-0.2, -0.15) is 53.4 Å². The van der Waals surface area contributed by atoms with Crippen LogP contribution in [0.1, 0.15) is 11.1 Å². The number of nitrogens with two attached hydrogens (primary N) is 2. The molecule has 0 aliphatic carbocycles. The Bertz CT molecular complexity index is 2820. The van der Waals surface area contributed by atoms with Crippen molar-refractivity contribution in [3.63, 3.8) is 0 Å². The van der Waals surface area contributed by atoms with Crippen LogP contribution < -0.4 is 11.5 Å². The fourth-order valence-corrected chi connectivity index (χ4v) is 8.20. The third kappa shape index (κ3) is 6.56. The molecule has 0 atom stereocenters. The zero-order valence-corrected chi connectivity index (χ0v) is 29.0. The molecule has 0 aliphatic heterocycles. The predicted octanol–water partition coefficient (Wildman–Crippen LogP) is 9.43. The molecular weight excluding hydrogens is 799 g/mol. The van der Waals surface area contributed by atoms with E-state index in [2.05, 4.69) is 21.3 Å². The van der Waals surface area contributed by atoms with Crippen molar-refractivity contribution < 1.29 is 65.3 Å². The third-order valence-corrected chi connectivity index (χ3v) is 10.5. The van der Waals surface area contributed by atoms with Gasteiger partial charge in [0, 0.05) is 33.3 Å². The van der Waals surface area contributed by atoms with Gasteiger partial charge in [0.1, 0.15) is 21.2 Å². The van der Waals surface area contributed by atoms with E-state index < -0.39 is 121 Å². The first kappa shape index (κ1) is 36.6. The highest BCUT2D eigenvalue weighted by Crippen LogP contribution is 2.53. The smallest absolute Gasteiger partial charge is 0.417 e. The summed E-state index contributed by atoms with van der Waals surface area (Å²) in [6.07, 6.45) is -10.8. The van der Waals surface area contributed by atoms with E-state index in [9.17, 15) is 36.2 Å². The van der Waals surface area contributed by atoms with Crippen molar-refractivity contribution in [2.75, 3.05) is 11.5 Å². The van der Waals surface area contributed by atoms with Crippen LogP contribution in [-0.4, -0.2) is 36.2 Å². The molecule has 56 heavy (non-hydrogen) atoms. The molecule has 0 heterocycles. The summed E-state index contributed by atoms with van der Waals surface area (Å²) in [5.74, 6) is -2.02. The minimum atomic E-state index is -5.62. The lowest BCUT2D eigenvalue weighted by molar-refractivity contribution is -0.138. The Morgan fingerprint density at radius 2 is 0.929 bits per heavy atom. The number of alkyl halides is 6. The highest BCUT2D eigenvalue weighted by molar-refractivity contribution is 7.86. The van der Waals surface area contributed by atoms with E-state index in [1.807, 2.05) is 0 Å². The number of phenolic OH excluding ortho intramolecular Hbond substituents is 2. The number of rotatable bonds is 7. The van der Waals surface area contributed by atoms with Gasteiger partial charge >= 0.3 is 12.4 Å². The molecule has 6 aromatic rings. The van der Waals surface area contributed by atoms with Crippen molar-refractivity contribution in [1.82, 2.24) is 0 Å². The molecule has 0 aromatic heterocycles. The number of aromatic hydroxyl groups is 2. The Labute approximate surface area is 313 Å². The van der Waals surface area contributed by atoms with Gasteiger partial charge in [0.25, 0.3) is 20.2 Å². The molecule has 0 radical (unpaired) electrons. The Morgan fingerprint density at radius 1 is 0.571 bits per heavy atom. The van der Waals surface area contributed by atoms with Gasteiger partial charge in [-0.3, -0.25) is 9.11 Å². The average Bonchev–Trinajstić information content (AvgIpc) is 3.11. The van der Waals surface area contributed by atoms with Crippen molar-refractivity contribution in [3.05, 3.63) is 83.9 Å². The number of halogens is 6. The number of anilines is 2. The molecule has 0 bridgehead atoms. The molecule has 14 nitrogen and oxygen atoms in total. The van der Waals surface area contributed by atoms with Gasteiger partial charge < -0.3 is 21.7 Å². The molecule has 0 aliphatic rings. The van der Waals surface area contributed by atoms with E-state index in [0.717, 1.165) is 36.4 Å². The standard InChI is InChI=1S/C34H22F6N6O8S2/c35-33(36,37)23-9-13(1-5-19(23)25-21-11-15(41)3-7-17(21)29(47)27(45-43)31(25)55(49,50)51)14-2-6-20(24(10-14)34(38,39)40)26-22-12-16(42)4-8-18(22)30(48)28(46-44)32(26)56(52,53)54/h1-12,43-44,47-48H,41-42H2,(H,49,50,51)(H,52,53,54)/b45-43+,46-44+. The first-order valence-corrected chi connectivity index (χ1v) is 18.0. The molecule has 0 unspecified atom stereocenters. The number of fused-ring (bicyclic) bond motifs is 2. The van der Waals surface area contributed by atoms with Crippen molar-refractivity contribution in [2.24, 2.45) is 10.2 Å². The molecule has 6 aromatic carbocycles. The van der Waals surface area contributed by atoms with Crippen LogP contribution in [0.4, 0.5) is 49.1 Å². The Kier molecular flexibility index (Phi) is 8.59. The molecule has 22 heteroatoms. The summed E-state index contributed by atoms with van der Waals surface area (Å²) in [6.45, 7) is 0. The number of nitrogens with zero attached hydrogens (tertiary/aromatic N) is 2. The molecule has 0 fully saturated rings. The number of phenols is 2. The van der Waals surface area contributed by atoms with Crippen LogP contribution in [0.5, 0.6) is 11.5 Å². The fourth-order valence-electron chi connectivity index (χ4n) is 6.48. The number of nitrogens with one attached hydrogen (secondary N) is 2. The Hall–Kier alpha value is -6.36. The van der Waals surface area contributed by atoms with Gasteiger partial charge in [-0.15, -0.1) is 0 Å². The number of nitrogen functional groups attached to an aromatic ring is 2. The normalized spacial score (nSPS) is 13.6. The zero-order chi connectivity index (χ0) is 42.9. The molecule has 0 spiro atoms. The van der Waals surface area contributed by atoms with Gasteiger partial charge in [0.05, 0.1) is 11.1 Å². The minimum absolute atomic E-state index is 0.148. The van der Waals surface area contributed by atoms with E-state index in [4.69, 9.17) is 14.3 Å². The van der Waals surface area contributed by atoms with Crippen LogP contribution in [0, 0.1) is 11.0 Å². The van der Waals surface area contributed by atoms with Gasteiger partial charge in [0.2, 0.25) is 2.82 Å². The van der Waals surface area contributed by atoms with Crippen molar-refractivity contribution in [1.29, 1.82) is 11.0 Å². The number of benzene rings is 6. The monoisotopic (exact) mass is 820 g/mol. The summed E-state index contributed by atoms with van der Waals surface area (Å²) in [7, 11) is -11.2. The first-order valence-electron chi connectivity index (χ1n) is 16.0. The second kappa shape index (κ2) is 13.1. The van der Waals surface area contributed by atoms with Gasteiger partial charge in [0.15, 0.2) is 11.5 Å². The number of hydrogen-bond acceptors (Lipinski definition) is 12. The SMILES string of the molecule is [H]/N=N/c1c(S(=O)(=O)O)c(-c2ccc(-c3ccc(-c4c(S(=O)(=O)O)c(/N=N/[H])c(O)c5ccc(N)cc45)c(C(F)(F)F)c3)cc2C(F)(F)F)c2cc(N)ccc2c1O. The lowest BCUT2D eigenvalue weighted by Crippen LogP contribution is -2.11. The lowest BCUT2D eigenvalue weighted by Gasteiger charge is -2.22. The van der Waals surface area contributed by atoms with Gasteiger partial charge in [-0.05, 0) is 81.6 Å². The van der Waals surface area contributed by atoms with Crippen LogP contribution >= 0.6 is 0 Å². The van der Waals surface area contributed by atoms with Crippen LogP contribution in [0.3, 0.4) is 0 Å². The molecular formula is C34H22F6N6O8S2. The zero-order valence-electron chi connectivity index (χ0n) is 29.4. The highest BCUT2D eigenvalue weighted by atomic mass is 32.2. The Balaban J connectivity index is 1.72. The summed E-state index contributed by atoms with van der Waals surface area (Å²) < 4.78 is 176. The average molecular weight is 821 g/mol. The molecule has 6 rings (SSSR count). The van der Waals surface area contributed by atoms with Gasteiger partial charge in [-0.25, -0.2) is 11.0 Å². The largest absolute Gasteiger partial charge is 0.505 e. The van der Waals surface area contributed by atoms with E-state index in [1.165, 1.54) is 12.1 Å². The van der Waals surface area contributed by atoms with Crippen molar-refractivity contribution in [2.45, 2.75) is 22.1 Å². The summed E-state index contributed by atoms with van der Waals surface area (Å²) in [6, 6.07) is 10.2. The van der Waals surface area contributed by atoms with Crippen molar-refractivity contribution in [3.8, 4) is 44.9 Å². The maximum atomic E-state index is 15.0. The molecule has 0 saturated carbocycles. The number of hydrogen-bond donors (Lipinski definition) is 8. The summed E-state index contributed by atoms with van der Waals surface area (Å²) in [5, 5.41) is 26.5. The second-order valence-corrected chi connectivity index (χ2v) is 14.8. The summed E-state index contributed by atoms with van der Waals surface area (Å²) in [4.78, 5) is -2.83. The molecule has 10 N–H and O–H groups in total. The summed E-state index contributed by atoms with van der Waals surface area (Å²) in [5.41, 5.74) is 6.09. The third-order valence-electron chi connectivity index (χ3n) is 8.71. The quantitative estimate of drug-likeness (QED) is 0.0327. The second-order valence-electron chi connectivity index (χ2n) is 12.1. The Morgan fingerprint density at radius 3 is 1.23 bits per heavy atom. The van der Waals surface area contributed by atoms with Crippen LogP contribution in [0.15, 0.2) is 92.8 Å². The predicted molar refractivity (Wildman–Crippen MR) is 189 cm³/mol. The fraction of sp³-hybridized carbons (Fsp3) is 0.0588. The molecule has 290 valence electrons. The lowest BCUT2D eigenvalue weighted by atomic mass is 9.88. The maximum absolute atomic E-state index is 15.0. The topological polar surface area (TPSA) is 274 Å². The first-order chi connectivity index (χ1) is 26.9.